The molecule has 29 heavy (non-hydrogen) atoms. The molecule has 1 aliphatic heterocycles. The molecule has 8 heteroatoms. The molecule has 0 amide bonds. The van der Waals surface area contributed by atoms with Gasteiger partial charge in [0.25, 0.3) is 0 Å². The van der Waals surface area contributed by atoms with E-state index in [-0.39, 0.29) is 24.0 Å². The Bertz CT molecular complexity index is 569. The first kappa shape index (κ1) is 25.9. The van der Waals surface area contributed by atoms with Crippen molar-refractivity contribution in [3.8, 4) is 5.75 Å². The summed E-state index contributed by atoms with van der Waals surface area (Å²) in [7, 11) is 3.48. The number of aliphatic imine (C=N–C) groups is 1. The first-order chi connectivity index (χ1) is 13.8. The van der Waals surface area contributed by atoms with Crippen LogP contribution in [0.1, 0.15) is 31.2 Å². The fourth-order valence-corrected chi connectivity index (χ4v) is 2.92. The molecule has 1 fully saturated rings. The van der Waals surface area contributed by atoms with Gasteiger partial charge in [0.05, 0.1) is 19.3 Å². The lowest BCUT2D eigenvalue weighted by Gasteiger charge is -2.13. The third-order valence-electron chi connectivity index (χ3n) is 4.43. The summed E-state index contributed by atoms with van der Waals surface area (Å²) in [5.74, 6) is 1.66. The van der Waals surface area contributed by atoms with E-state index >= 15 is 0 Å². The zero-order valence-corrected chi connectivity index (χ0v) is 20.0. The molecule has 2 rings (SSSR count). The Morgan fingerprint density at radius 3 is 2.86 bits per heavy atom. The molecule has 166 valence electrons. The number of benzene rings is 1. The van der Waals surface area contributed by atoms with Crippen molar-refractivity contribution in [2.24, 2.45) is 4.99 Å². The van der Waals surface area contributed by atoms with Gasteiger partial charge in [-0.2, -0.15) is 0 Å². The van der Waals surface area contributed by atoms with Crippen LogP contribution in [0.4, 0.5) is 0 Å². The molecule has 0 aliphatic carbocycles. The molecule has 0 spiro atoms. The zero-order valence-electron chi connectivity index (χ0n) is 17.7. The molecule has 1 unspecified atom stereocenters. The van der Waals surface area contributed by atoms with Crippen molar-refractivity contribution >= 4 is 29.9 Å². The fourth-order valence-electron chi connectivity index (χ4n) is 2.92. The Balaban J connectivity index is 0.00000420. The Hall–Kier alpha value is -1.10. The van der Waals surface area contributed by atoms with Gasteiger partial charge in [-0.3, -0.25) is 4.99 Å². The maximum atomic E-state index is 5.74. The second-order valence-electron chi connectivity index (χ2n) is 6.76. The van der Waals surface area contributed by atoms with Crippen LogP contribution in [-0.4, -0.2) is 65.8 Å². The van der Waals surface area contributed by atoms with Crippen LogP contribution in [0.2, 0.25) is 0 Å². The van der Waals surface area contributed by atoms with Crippen LogP contribution in [0, 0.1) is 0 Å². The normalized spacial score (nSPS) is 16.3. The molecule has 0 saturated carbocycles. The van der Waals surface area contributed by atoms with Crippen molar-refractivity contribution in [1.29, 1.82) is 0 Å². The molecular formula is C21H36IN3O4. The quantitative estimate of drug-likeness (QED) is 0.180. The molecule has 1 aromatic carbocycles. The topological polar surface area (TPSA) is 73.3 Å². The van der Waals surface area contributed by atoms with Gasteiger partial charge in [0.2, 0.25) is 0 Å². The highest BCUT2D eigenvalue weighted by Crippen LogP contribution is 2.13. The number of hydrogen-bond acceptors (Lipinski definition) is 5. The van der Waals surface area contributed by atoms with Gasteiger partial charge in [-0.15, -0.1) is 24.0 Å². The van der Waals surface area contributed by atoms with E-state index in [2.05, 4.69) is 21.7 Å². The van der Waals surface area contributed by atoms with Gasteiger partial charge >= 0.3 is 0 Å². The number of ether oxygens (including phenoxy) is 4. The van der Waals surface area contributed by atoms with Gasteiger partial charge in [-0.1, -0.05) is 12.1 Å². The van der Waals surface area contributed by atoms with Crippen LogP contribution in [-0.2, 0) is 20.8 Å². The minimum Gasteiger partial charge on any atom is -0.493 e. The number of guanidine groups is 1. The van der Waals surface area contributed by atoms with E-state index in [1.54, 1.807) is 14.2 Å². The summed E-state index contributed by atoms with van der Waals surface area (Å²) >= 11 is 0. The van der Waals surface area contributed by atoms with Crippen molar-refractivity contribution in [2.75, 3.05) is 53.7 Å². The van der Waals surface area contributed by atoms with Crippen LogP contribution in [0.3, 0.4) is 0 Å². The summed E-state index contributed by atoms with van der Waals surface area (Å²) in [4.78, 5) is 4.26. The number of hydrogen-bond donors (Lipinski definition) is 2. The zero-order chi connectivity index (χ0) is 19.9. The van der Waals surface area contributed by atoms with E-state index < -0.39 is 0 Å². The molecule has 1 heterocycles. The van der Waals surface area contributed by atoms with E-state index in [9.17, 15) is 0 Å². The van der Waals surface area contributed by atoms with Gasteiger partial charge < -0.3 is 29.6 Å². The van der Waals surface area contributed by atoms with E-state index in [0.717, 1.165) is 62.7 Å². The highest BCUT2D eigenvalue weighted by molar-refractivity contribution is 14.0. The number of methoxy groups -OCH3 is 1. The standard InChI is InChI=1S/C21H35N3O4.HI/c1-22-21(23-10-5-12-26-17-20-9-4-13-28-20)24-16-18-7-3-8-19(15-18)27-14-6-11-25-2;/h3,7-8,15,20H,4-6,9-14,16-17H2,1-2H3,(H2,22,23,24);1H. The van der Waals surface area contributed by atoms with Gasteiger partial charge in [-0.25, -0.2) is 0 Å². The summed E-state index contributed by atoms with van der Waals surface area (Å²) in [6.45, 7) is 5.17. The van der Waals surface area contributed by atoms with Gasteiger partial charge in [0.1, 0.15) is 5.75 Å². The van der Waals surface area contributed by atoms with Crippen molar-refractivity contribution in [3.05, 3.63) is 29.8 Å². The summed E-state index contributed by atoms with van der Waals surface area (Å²) in [5.41, 5.74) is 1.15. The molecular weight excluding hydrogens is 485 g/mol. The largest absolute Gasteiger partial charge is 0.493 e. The molecule has 1 saturated heterocycles. The second-order valence-corrected chi connectivity index (χ2v) is 6.76. The lowest BCUT2D eigenvalue weighted by molar-refractivity contribution is 0.0168. The predicted molar refractivity (Wildman–Crippen MR) is 126 cm³/mol. The molecule has 1 aliphatic rings. The first-order valence-corrected chi connectivity index (χ1v) is 10.2. The third-order valence-corrected chi connectivity index (χ3v) is 4.43. The molecule has 7 nitrogen and oxygen atoms in total. The van der Waals surface area contributed by atoms with E-state index in [4.69, 9.17) is 18.9 Å². The smallest absolute Gasteiger partial charge is 0.191 e. The molecule has 0 aromatic heterocycles. The molecule has 1 aromatic rings. The summed E-state index contributed by atoms with van der Waals surface area (Å²) in [6.07, 6.45) is 4.38. The van der Waals surface area contributed by atoms with Crippen molar-refractivity contribution in [1.82, 2.24) is 10.6 Å². The molecule has 1 atom stereocenters. The Kier molecular flexibility index (Phi) is 14.9. The fraction of sp³-hybridized carbons (Fsp3) is 0.667. The van der Waals surface area contributed by atoms with Gasteiger partial charge in [0, 0.05) is 53.5 Å². The van der Waals surface area contributed by atoms with Crippen LogP contribution < -0.4 is 15.4 Å². The highest BCUT2D eigenvalue weighted by Gasteiger charge is 2.14. The Morgan fingerprint density at radius 1 is 1.21 bits per heavy atom. The molecule has 0 radical (unpaired) electrons. The average molecular weight is 521 g/mol. The SMILES string of the molecule is CN=C(NCCCOCC1CCCO1)NCc1cccc(OCCCOC)c1.I. The maximum absolute atomic E-state index is 5.74. The number of halogens is 1. The monoisotopic (exact) mass is 521 g/mol. The Labute approximate surface area is 191 Å². The van der Waals surface area contributed by atoms with Crippen molar-refractivity contribution in [3.63, 3.8) is 0 Å². The number of nitrogens with zero attached hydrogens (tertiary/aromatic N) is 1. The lowest BCUT2D eigenvalue weighted by Crippen LogP contribution is -2.37. The van der Waals surface area contributed by atoms with Crippen LogP contribution in [0.5, 0.6) is 5.75 Å². The third kappa shape index (κ3) is 11.6. The van der Waals surface area contributed by atoms with Gasteiger partial charge in [0.15, 0.2) is 5.96 Å². The maximum Gasteiger partial charge on any atom is 0.191 e. The number of rotatable bonds is 13. The lowest BCUT2D eigenvalue weighted by atomic mass is 10.2. The van der Waals surface area contributed by atoms with E-state index in [1.807, 2.05) is 18.2 Å². The van der Waals surface area contributed by atoms with E-state index in [1.165, 1.54) is 0 Å². The summed E-state index contributed by atoms with van der Waals surface area (Å²) < 4.78 is 22.0. The highest BCUT2D eigenvalue weighted by atomic mass is 127. The van der Waals surface area contributed by atoms with Crippen molar-refractivity contribution < 1.29 is 18.9 Å². The van der Waals surface area contributed by atoms with Crippen LogP contribution in [0.15, 0.2) is 29.3 Å². The minimum atomic E-state index is 0. The first-order valence-electron chi connectivity index (χ1n) is 10.2. The van der Waals surface area contributed by atoms with Crippen LogP contribution in [0.25, 0.3) is 0 Å². The minimum absolute atomic E-state index is 0. The molecule has 0 bridgehead atoms. The molecule has 2 N–H and O–H groups in total. The van der Waals surface area contributed by atoms with E-state index in [0.29, 0.717) is 32.5 Å². The van der Waals surface area contributed by atoms with Gasteiger partial charge in [-0.05, 0) is 37.0 Å². The predicted octanol–water partition coefficient (Wildman–Crippen LogP) is 2.97. The average Bonchev–Trinajstić information content (AvgIpc) is 3.24. The Morgan fingerprint density at radius 2 is 2.10 bits per heavy atom. The summed E-state index contributed by atoms with van der Waals surface area (Å²) in [5, 5.41) is 6.64. The summed E-state index contributed by atoms with van der Waals surface area (Å²) in [6, 6.07) is 8.09. The number of nitrogens with one attached hydrogen (secondary N) is 2. The van der Waals surface area contributed by atoms with Crippen molar-refractivity contribution in [2.45, 2.75) is 38.3 Å². The van der Waals surface area contributed by atoms with Crippen LogP contribution >= 0.6 is 24.0 Å². The second kappa shape index (κ2) is 16.7.